The normalized spacial score (nSPS) is 10.2. The summed E-state index contributed by atoms with van der Waals surface area (Å²) in [4.78, 5) is 23.1. The van der Waals surface area contributed by atoms with E-state index in [1.54, 1.807) is 0 Å². The first kappa shape index (κ1) is 27.4. The molecule has 0 saturated heterocycles. The van der Waals surface area contributed by atoms with Crippen molar-refractivity contribution in [2.45, 2.75) is 104 Å². The Bertz CT molecular complexity index is 278. The largest absolute Gasteiger partial charge is 0.466 e. The van der Waals surface area contributed by atoms with Gasteiger partial charge >= 0.3 is 11.9 Å². The first-order valence-corrected chi connectivity index (χ1v) is 10.0. The number of carbonyl (C=O) groups excluding carboxylic acids is 2. The molecule has 4 nitrogen and oxygen atoms in total. The zero-order valence-electron chi connectivity index (χ0n) is 16.7. The first-order chi connectivity index (χ1) is 11.7. The summed E-state index contributed by atoms with van der Waals surface area (Å²) >= 11 is 0. The summed E-state index contributed by atoms with van der Waals surface area (Å²) in [6.07, 6.45) is 14.3. The average Bonchev–Trinajstić information content (AvgIpc) is 2.58. The molecule has 0 aromatic rings. The van der Waals surface area contributed by atoms with Crippen LogP contribution in [0, 0.1) is 0 Å². The molecule has 0 aliphatic heterocycles. The first-order valence-electron chi connectivity index (χ1n) is 10.0. The SMILES string of the molecule is CCCCCCCCOC(=O)CCC(=O)OCCCCCCCC.[Ca]. The predicted molar refractivity (Wildman–Crippen MR) is 104 cm³/mol. The van der Waals surface area contributed by atoms with Crippen LogP contribution in [0.15, 0.2) is 0 Å². The minimum atomic E-state index is -0.292. The van der Waals surface area contributed by atoms with E-state index in [-0.39, 0.29) is 62.5 Å². The third-order valence-corrected chi connectivity index (χ3v) is 4.06. The second kappa shape index (κ2) is 22.2. The Kier molecular flexibility index (Phi) is 24.4. The monoisotopic (exact) mass is 382 g/mol. The van der Waals surface area contributed by atoms with Crippen molar-refractivity contribution in [3.63, 3.8) is 0 Å². The van der Waals surface area contributed by atoms with Crippen LogP contribution in [0.3, 0.4) is 0 Å². The van der Waals surface area contributed by atoms with Crippen molar-refractivity contribution in [2.24, 2.45) is 0 Å². The molecule has 0 aromatic carbocycles. The summed E-state index contributed by atoms with van der Waals surface area (Å²) in [5.41, 5.74) is 0. The van der Waals surface area contributed by atoms with Gasteiger partial charge in [0.25, 0.3) is 0 Å². The number of unbranched alkanes of at least 4 members (excludes halogenated alkanes) is 10. The standard InChI is InChI=1S/C20H38O4.Ca/c1-3-5-7-9-11-13-17-23-19(21)15-16-20(22)24-18-14-12-10-8-6-4-2;/h3-18H2,1-2H3;. The van der Waals surface area contributed by atoms with E-state index in [0.29, 0.717) is 13.2 Å². The quantitative estimate of drug-likeness (QED) is 0.197. The third kappa shape index (κ3) is 22.2. The van der Waals surface area contributed by atoms with Crippen LogP contribution < -0.4 is 0 Å². The van der Waals surface area contributed by atoms with E-state index >= 15 is 0 Å². The van der Waals surface area contributed by atoms with Gasteiger partial charge in [-0.05, 0) is 12.8 Å². The molecule has 0 rings (SSSR count). The molecule has 0 unspecified atom stereocenters. The van der Waals surface area contributed by atoms with Crippen molar-refractivity contribution in [2.75, 3.05) is 13.2 Å². The molecule has 0 atom stereocenters. The summed E-state index contributed by atoms with van der Waals surface area (Å²) < 4.78 is 10.3. The summed E-state index contributed by atoms with van der Waals surface area (Å²) in [5, 5.41) is 0. The van der Waals surface area contributed by atoms with E-state index in [9.17, 15) is 9.59 Å². The summed E-state index contributed by atoms with van der Waals surface area (Å²) in [7, 11) is 0. The van der Waals surface area contributed by atoms with Crippen LogP contribution in [-0.4, -0.2) is 62.9 Å². The van der Waals surface area contributed by atoms with E-state index in [1.165, 1.54) is 51.4 Å². The van der Waals surface area contributed by atoms with Crippen LogP contribution in [0.2, 0.25) is 0 Å². The Morgan fingerprint density at radius 3 is 1.24 bits per heavy atom. The van der Waals surface area contributed by atoms with Gasteiger partial charge < -0.3 is 9.47 Å². The molecule has 0 N–H and O–H groups in total. The molecule has 0 amide bonds. The van der Waals surface area contributed by atoms with Gasteiger partial charge in [-0.25, -0.2) is 0 Å². The fourth-order valence-corrected chi connectivity index (χ4v) is 2.49. The van der Waals surface area contributed by atoms with Crippen molar-refractivity contribution < 1.29 is 19.1 Å². The zero-order chi connectivity index (χ0) is 17.9. The van der Waals surface area contributed by atoms with Crippen LogP contribution in [-0.2, 0) is 19.1 Å². The molecule has 0 saturated carbocycles. The minimum Gasteiger partial charge on any atom is -0.466 e. The van der Waals surface area contributed by atoms with Gasteiger partial charge in [-0.15, -0.1) is 0 Å². The van der Waals surface area contributed by atoms with Crippen molar-refractivity contribution in [3.05, 3.63) is 0 Å². The molecule has 0 aromatic heterocycles. The number of rotatable bonds is 17. The molecule has 144 valence electrons. The van der Waals surface area contributed by atoms with Crippen LogP contribution in [0.1, 0.15) is 104 Å². The van der Waals surface area contributed by atoms with E-state index in [1.807, 2.05) is 0 Å². The minimum absolute atomic E-state index is 0. The van der Waals surface area contributed by atoms with E-state index in [4.69, 9.17) is 9.47 Å². The second-order valence-corrected chi connectivity index (χ2v) is 6.48. The van der Waals surface area contributed by atoms with Gasteiger partial charge in [0.2, 0.25) is 0 Å². The van der Waals surface area contributed by atoms with Crippen LogP contribution >= 0.6 is 0 Å². The Labute approximate surface area is 184 Å². The van der Waals surface area contributed by atoms with Crippen molar-refractivity contribution in [1.29, 1.82) is 0 Å². The van der Waals surface area contributed by atoms with Gasteiger partial charge in [-0.3, -0.25) is 9.59 Å². The zero-order valence-corrected chi connectivity index (χ0v) is 18.9. The maximum Gasteiger partial charge on any atom is 0.306 e. The van der Waals surface area contributed by atoms with Crippen LogP contribution in [0.5, 0.6) is 0 Å². The third-order valence-electron chi connectivity index (χ3n) is 4.06. The number of ether oxygens (including phenoxy) is 2. The van der Waals surface area contributed by atoms with Crippen molar-refractivity contribution >= 4 is 49.7 Å². The maximum absolute atomic E-state index is 11.5. The Hall–Kier alpha value is 0.200. The topological polar surface area (TPSA) is 52.6 Å². The maximum atomic E-state index is 11.5. The summed E-state index contributed by atoms with van der Waals surface area (Å²) in [5.74, 6) is -0.583. The molecule has 0 aliphatic carbocycles. The molecular weight excluding hydrogens is 344 g/mol. The van der Waals surface area contributed by atoms with Crippen LogP contribution in [0.25, 0.3) is 0 Å². The Morgan fingerprint density at radius 1 is 0.560 bits per heavy atom. The molecule has 0 spiro atoms. The van der Waals surface area contributed by atoms with Gasteiger partial charge in [-0.2, -0.15) is 0 Å². The fourth-order valence-electron chi connectivity index (χ4n) is 2.49. The van der Waals surface area contributed by atoms with Gasteiger partial charge in [0.15, 0.2) is 0 Å². The number of carbonyl (C=O) groups is 2. The number of hydrogen-bond acceptors (Lipinski definition) is 4. The molecule has 0 heterocycles. The van der Waals surface area contributed by atoms with Gasteiger partial charge in [0.05, 0.1) is 26.1 Å². The molecule has 0 aliphatic rings. The van der Waals surface area contributed by atoms with Crippen molar-refractivity contribution in [3.8, 4) is 0 Å². The molecule has 5 heteroatoms. The predicted octanol–water partition coefficient (Wildman–Crippen LogP) is 5.19. The summed E-state index contributed by atoms with van der Waals surface area (Å²) in [6.45, 7) is 5.33. The van der Waals surface area contributed by atoms with Gasteiger partial charge in [-0.1, -0.05) is 78.1 Å². The summed E-state index contributed by atoms with van der Waals surface area (Å²) in [6, 6.07) is 0. The van der Waals surface area contributed by atoms with Gasteiger partial charge in [0, 0.05) is 37.7 Å². The smallest absolute Gasteiger partial charge is 0.306 e. The second-order valence-electron chi connectivity index (χ2n) is 6.48. The van der Waals surface area contributed by atoms with Gasteiger partial charge in [0.1, 0.15) is 0 Å². The Balaban J connectivity index is 0. The van der Waals surface area contributed by atoms with Crippen molar-refractivity contribution in [1.82, 2.24) is 0 Å². The van der Waals surface area contributed by atoms with E-state index in [2.05, 4.69) is 13.8 Å². The molecule has 0 bridgehead atoms. The van der Waals surface area contributed by atoms with E-state index < -0.39 is 0 Å². The number of esters is 2. The number of hydrogen-bond donors (Lipinski definition) is 0. The molecule has 0 fully saturated rings. The molecule has 25 heavy (non-hydrogen) atoms. The fraction of sp³-hybridized carbons (Fsp3) is 0.900. The molecule has 2 radical (unpaired) electrons. The molecular formula is C20H38CaO4. The van der Waals surface area contributed by atoms with Crippen LogP contribution in [0.4, 0.5) is 0 Å². The average molecular weight is 383 g/mol. The van der Waals surface area contributed by atoms with E-state index in [0.717, 1.165) is 25.7 Å². The Morgan fingerprint density at radius 2 is 0.880 bits per heavy atom.